The van der Waals surface area contributed by atoms with Gasteiger partial charge in [0.05, 0.1) is 6.54 Å². The van der Waals surface area contributed by atoms with Gasteiger partial charge in [-0.2, -0.15) is 0 Å². The van der Waals surface area contributed by atoms with Gasteiger partial charge < -0.3 is 0 Å². The lowest BCUT2D eigenvalue weighted by Crippen LogP contribution is -2.22. The summed E-state index contributed by atoms with van der Waals surface area (Å²) in [5, 5.41) is 0.598. The molecule has 2 nitrogen and oxygen atoms in total. The number of nitrogens with zero attached hydrogens (tertiary/aromatic N) is 2. The number of benzene rings is 1. The molecule has 3 aliphatic rings. The van der Waals surface area contributed by atoms with Gasteiger partial charge in [-0.25, -0.2) is 0 Å². The van der Waals surface area contributed by atoms with Crippen LogP contribution in [0.5, 0.6) is 0 Å². The third-order valence-electron chi connectivity index (χ3n) is 9.11. The standard InChI is InChI=1S/C36H50N2S/c1-7-29(34-20-21-35(39-34)36(3,4)5)22-27-10-12-28(13-11-27)23-38-25-33(24-37-6)32-18-16-31(17-19-32)30-14-8-26(2)9-15-30/h7,10-13,18,21,24-26,29-31,34H,1,6,8-9,14-17,19-20,22-23H2,2-5H3/b33-24+,38-25?. The molecule has 0 aromatic heterocycles. The Morgan fingerprint density at radius 1 is 1.00 bits per heavy atom. The molecular weight excluding hydrogens is 492 g/mol. The van der Waals surface area contributed by atoms with Crippen molar-refractivity contribution >= 4 is 24.7 Å². The van der Waals surface area contributed by atoms with E-state index in [4.69, 9.17) is 4.99 Å². The summed E-state index contributed by atoms with van der Waals surface area (Å²) in [7, 11) is 0. The van der Waals surface area contributed by atoms with Gasteiger partial charge in [0.1, 0.15) is 0 Å². The summed E-state index contributed by atoms with van der Waals surface area (Å²) < 4.78 is 0. The minimum Gasteiger partial charge on any atom is -0.288 e. The minimum atomic E-state index is 0.244. The average Bonchev–Trinajstić information content (AvgIpc) is 3.44. The smallest absolute Gasteiger partial charge is 0.0639 e. The fourth-order valence-corrected chi connectivity index (χ4v) is 7.94. The van der Waals surface area contributed by atoms with E-state index in [0.29, 0.717) is 17.7 Å². The van der Waals surface area contributed by atoms with E-state index >= 15 is 0 Å². The number of thioether (sulfide) groups is 1. The van der Waals surface area contributed by atoms with Crippen LogP contribution in [-0.4, -0.2) is 18.2 Å². The predicted molar refractivity (Wildman–Crippen MR) is 174 cm³/mol. The molecule has 3 unspecified atom stereocenters. The zero-order chi connectivity index (χ0) is 27.8. The average molecular weight is 543 g/mol. The fourth-order valence-electron chi connectivity index (χ4n) is 6.50. The number of aliphatic imine (C=N–C) groups is 2. The Hall–Kier alpha value is -2.13. The van der Waals surface area contributed by atoms with Gasteiger partial charge in [0.15, 0.2) is 0 Å². The van der Waals surface area contributed by atoms with Crippen LogP contribution in [0.2, 0.25) is 0 Å². The largest absolute Gasteiger partial charge is 0.288 e. The van der Waals surface area contributed by atoms with Crippen molar-refractivity contribution in [2.45, 2.75) is 97.3 Å². The molecule has 1 fully saturated rings. The number of rotatable bonds is 10. The van der Waals surface area contributed by atoms with Gasteiger partial charge >= 0.3 is 0 Å². The molecule has 1 aliphatic heterocycles. The first-order valence-corrected chi connectivity index (χ1v) is 16.1. The zero-order valence-corrected chi connectivity index (χ0v) is 25.7. The van der Waals surface area contributed by atoms with Gasteiger partial charge in [-0.1, -0.05) is 83.0 Å². The van der Waals surface area contributed by atoms with E-state index in [1.165, 1.54) is 60.1 Å². The first-order valence-electron chi connectivity index (χ1n) is 15.2. The van der Waals surface area contributed by atoms with Crippen LogP contribution < -0.4 is 0 Å². The van der Waals surface area contributed by atoms with Crippen LogP contribution in [0.25, 0.3) is 0 Å². The van der Waals surface area contributed by atoms with E-state index in [1.807, 2.05) is 12.4 Å². The molecule has 1 aromatic carbocycles. The molecule has 1 aromatic rings. The number of hydrogen-bond acceptors (Lipinski definition) is 3. The van der Waals surface area contributed by atoms with E-state index in [-0.39, 0.29) is 5.41 Å². The third kappa shape index (κ3) is 8.43. The third-order valence-corrected chi connectivity index (χ3v) is 11.0. The van der Waals surface area contributed by atoms with Crippen LogP contribution in [0.4, 0.5) is 0 Å². The Kier molecular flexibility index (Phi) is 10.7. The van der Waals surface area contributed by atoms with Crippen LogP contribution in [0.15, 0.2) is 81.3 Å². The van der Waals surface area contributed by atoms with Crippen molar-refractivity contribution < 1.29 is 0 Å². The number of allylic oxidation sites excluding steroid dienone is 6. The summed E-state index contributed by atoms with van der Waals surface area (Å²) in [6.45, 7) is 17.9. The summed E-state index contributed by atoms with van der Waals surface area (Å²) in [4.78, 5) is 10.4. The molecule has 3 atom stereocenters. The highest BCUT2D eigenvalue weighted by molar-refractivity contribution is 8.04. The van der Waals surface area contributed by atoms with E-state index in [2.05, 4.69) is 100 Å². The van der Waals surface area contributed by atoms with Crippen molar-refractivity contribution in [3.63, 3.8) is 0 Å². The molecule has 3 heteroatoms. The SMILES string of the molecule is C=CC(Cc1ccc(CN=C/C(=C\N=C)C2=CCC(C3CCC(C)CC3)CC2)cc1)C1CC=C(C(C)(C)C)S1. The van der Waals surface area contributed by atoms with E-state index in [9.17, 15) is 0 Å². The molecule has 0 amide bonds. The van der Waals surface area contributed by atoms with Crippen molar-refractivity contribution in [3.05, 3.63) is 82.5 Å². The van der Waals surface area contributed by atoms with Crippen LogP contribution in [-0.2, 0) is 13.0 Å². The molecule has 0 saturated heterocycles. The molecule has 1 heterocycles. The number of hydrogen-bond donors (Lipinski definition) is 0. The fraction of sp³-hybridized carbons (Fsp3) is 0.556. The van der Waals surface area contributed by atoms with Gasteiger partial charge in [-0.3, -0.25) is 9.98 Å². The Labute approximate surface area is 243 Å². The van der Waals surface area contributed by atoms with Crippen LogP contribution in [0.3, 0.4) is 0 Å². The Morgan fingerprint density at radius 3 is 2.31 bits per heavy atom. The Bertz CT molecular complexity index is 1090. The molecule has 39 heavy (non-hydrogen) atoms. The lowest BCUT2D eigenvalue weighted by Gasteiger charge is -2.34. The molecule has 0 spiro atoms. The second-order valence-corrected chi connectivity index (χ2v) is 14.4. The molecule has 2 aliphatic carbocycles. The highest BCUT2D eigenvalue weighted by Crippen LogP contribution is 2.46. The van der Waals surface area contributed by atoms with E-state index in [1.54, 1.807) is 0 Å². The minimum absolute atomic E-state index is 0.244. The van der Waals surface area contributed by atoms with Gasteiger partial charge in [0, 0.05) is 23.2 Å². The van der Waals surface area contributed by atoms with E-state index < -0.39 is 0 Å². The van der Waals surface area contributed by atoms with Crippen LogP contribution in [0, 0.1) is 29.1 Å². The van der Waals surface area contributed by atoms with Crippen molar-refractivity contribution in [2.24, 2.45) is 39.1 Å². The predicted octanol–water partition coefficient (Wildman–Crippen LogP) is 10.2. The molecular formula is C36H50N2S. The first kappa shape index (κ1) is 29.8. The zero-order valence-electron chi connectivity index (χ0n) is 24.9. The van der Waals surface area contributed by atoms with Crippen LogP contribution >= 0.6 is 11.8 Å². The molecule has 210 valence electrons. The first-order chi connectivity index (χ1) is 18.8. The second-order valence-electron chi connectivity index (χ2n) is 13.2. The summed E-state index contributed by atoms with van der Waals surface area (Å²) in [5.74, 6) is 3.20. The van der Waals surface area contributed by atoms with Gasteiger partial charge in [-0.05, 0) is 102 Å². The van der Waals surface area contributed by atoms with Crippen LogP contribution in [0.1, 0.15) is 90.2 Å². The highest BCUT2D eigenvalue weighted by atomic mass is 32.2. The summed E-state index contributed by atoms with van der Waals surface area (Å²) in [6.07, 6.45) is 22.5. The summed E-state index contributed by atoms with van der Waals surface area (Å²) in [6, 6.07) is 9.02. The highest BCUT2D eigenvalue weighted by Gasteiger charge is 2.30. The normalized spacial score (nSPS) is 27.2. The van der Waals surface area contributed by atoms with Gasteiger partial charge in [-0.15, -0.1) is 18.3 Å². The summed E-state index contributed by atoms with van der Waals surface area (Å²) >= 11 is 2.06. The molecule has 0 bridgehead atoms. The molecule has 4 rings (SSSR count). The lowest BCUT2D eigenvalue weighted by atomic mass is 9.71. The lowest BCUT2D eigenvalue weighted by molar-refractivity contribution is 0.200. The summed E-state index contributed by atoms with van der Waals surface area (Å²) in [5.41, 5.74) is 5.39. The second kappa shape index (κ2) is 14.0. The van der Waals surface area contributed by atoms with Gasteiger partial charge in [0.2, 0.25) is 0 Å². The molecule has 1 saturated carbocycles. The molecule has 0 N–H and O–H groups in total. The van der Waals surface area contributed by atoms with Crippen molar-refractivity contribution in [3.8, 4) is 0 Å². The quantitative estimate of drug-likeness (QED) is 0.213. The van der Waals surface area contributed by atoms with Gasteiger partial charge in [0.25, 0.3) is 0 Å². The van der Waals surface area contributed by atoms with Crippen molar-refractivity contribution in [2.75, 3.05) is 0 Å². The molecule has 0 radical (unpaired) electrons. The maximum atomic E-state index is 4.81. The topological polar surface area (TPSA) is 24.7 Å². The monoisotopic (exact) mass is 542 g/mol. The van der Waals surface area contributed by atoms with E-state index in [0.717, 1.165) is 42.6 Å². The maximum absolute atomic E-state index is 4.81. The van der Waals surface area contributed by atoms with Crippen molar-refractivity contribution in [1.82, 2.24) is 0 Å². The Balaban J connectivity index is 1.28. The Morgan fingerprint density at radius 2 is 1.72 bits per heavy atom. The van der Waals surface area contributed by atoms with Crippen molar-refractivity contribution in [1.29, 1.82) is 0 Å². The maximum Gasteiger partial charge on any atom is 0.0639 e.